The van der Waals surface area contributed by atoms with Crippen LogP contribution in [0.3, 0.4) is 0 Å². The Bertz CT molecular complexity index is 1290. The third-order valence-corrected chi connectivity index (χ3v) is 7.03. The number of carbonyl (C=O) groups is 3. The Morgan fingerprint density at radius 1 is 0.921 bits per heavy atom. The van der Waals surface area contributed by atoms with Gasteiger partial charge in [-0.3, -0.25) is 9.59 Å². The van der Waals surface area contributed by atoms with Gasteiger partial charge in [-0.1, -0.05) is 24.3 Å². The zero-order chi connectivity index (χ0) is 27.4. The van der Waals surface area contributed by atoms with E-state index in [2.05, 4.69) is 5.32 Å². The summed E-state index contributed by atoms with van der Waals surface area (Å²) in [7, 11) is 3.14. The summed E-state index contributed by atoms with van der Waals surface area (Å²) in [6, 6.07) is 14.6. The Morgan fingerprint density at radius 3 is 2.24 bits per heavy atom. The van der Waals surface area contributed by atoms with Crippen molar-refractivity contribution >= 4 is 17.7 Å². The molecule has 1 aliphatic heterocycles. The molecule has 0 spiro atoms. The molecular weight excluding hydrogens is 486 g/mol. The number of ketones is 1. The number of hydrogen-bond acceptors (Lipinski definition) is 8. The highest BCUT2D eigenvalue weighted by molar-refractivity contribution is 6.13. The molecule has 0 saturated carbocycles. The fraction of sp³-hybridized carbons (Fsp3) is 0.367. The first-order chi connectivity index (χ1) is 18.3. The molecule has 0 amide bonds. The van der Waals surface area contributed by atoms with Crippen LogP contribution < -0.4 is 14.8 Å². The molecule has 2 aromatic rings. The van der Waals surface area contributed by atoms with E-state index in [0.717, 1.165) is 11.1 Å². The molecule has 38 heavy (non-hydrogen) atoms. The molecule has 1 N–H and O–H groups in total. The van der Waals surface area contributed by atoms with Crippen LogP contribution in [0.2, 0.25) is 0 Å². The van der Waals surface area contributed by atoms with Crippen LogP contribution in [0.15, 0.2) is 71.1 Å². The molecule has 0 bridgehead atoms. The van der Waals surface area contributed by atoms with Crippen molar-refractivity contribution in [3.63, 3.8) is 0 Å². The van der Waals surface area contributed by atoms with E-state index in [1.165, 1.54) is 0 Å². The quantitative estimate of drug-likeness (QED) is 0.404. The minimum Gasteiger partial charge on any atom is -0.497 e. The number of rotatable bonds is 8. The second-order valence-electron chi connectivity index (χ2n) is 9.16. The number of methoxy groups -OCH3 is 2. The van der Waals surface area contributed by atoms with Gasteiger partial charge in [-0.15, -0.1) is 0 Å². The van der Waals surface area contributed by atoms with Gasteiger partial charge in [0, 0.05) is 28.8 Å². The van der Waals surface area contributed by atoms with E-state index in [1.54, 1.807) is 47.1 Å². The van der Waals surface area contributed by atoms with E-state index in [4.69, 9.17) is 18.9 Å². The summed E-state index contributed by atoms with van der Waals surface area (Å²) in [6.45, 7) is 5.58. The average molecular weight is 520 g/mol. The molecule has 3 atom stereocenters. The average Bonchev–Trinajstić information content (AvgIpc) is 2.92. The highest BCUT2D eigenvalue weighted by Crippen LogP contribution is 2.48. The van der Waals surface area contributed by atoms with Crippen LogP contribution in [0, 0.1) is 5.92 Å². The Kier molecular flexibility index (Phi) is 8.20. The highest BCUT2D eigenvalue weighted by Gasteiger charge is 2.49. The van der Waals surface area contributed by atoms with Gasteiger partial charge in [0.25, 0.3) is 0 Å². The van der Waals surface area contributed by atoms with E-state index < -0.39 is 29.7 Å². The molecule has 0 unspecified atom stereocenters. The van der Waals surface area contributed by atoms with E-state index in [-0.39, 0.29) is 19.0 Å². The minimum atomic E-state index is -1.08. The smallest absolute Gasteiger partial charge is 0.336 e. The first-order valence-corrected chi connectivity index (χ1v) is 12.7. The summed E-state index contributed by atoms with van der Waals surface area (Å²) in [4.78, 5) is 40.8. The summed E-state index contributed by atoms with van der Waals surface area (Å²) in [5, 5.41) is 3.31. The lowest BCUT2D eigenvalue weighted by Crippen LogP contribution is -2.43. The zero-order valence-electron chi connectivity index (χ0n) is 22.3. The fourth-order valence-electron chi connectivity index (χ4n) is 5.33. The highest BCUT2D eigenvalue weighted by atomic mass is 16.5. The molecule has 0 radical (unpaired) electrons. The number of esters is 2. The number of nitrogens with one attached hydrogen (secondary N) is 1. The maximum absolute atomic E-state index is 14.3. The van der Waals surface area contributed by atoms with Crippen LogP contribution in [0.4, 0.5) is 0 Å². The molecule has 8 nitrogen and oxygen atoms in total. The maximum atomic E-state index is 14.3. The second-order valence-corrected chi connectivity index (χ2v) is 9.16. The fourth-order valence-corrected chi connectivity index (χ4v) is 5.33. The Balaban J connectivity index is 1.89. The summed E-state index contributed by atoms with van der Waals surface area (Å²) in [5.41, 5.74) is 3.51. The van der Waals surface area contributed by atoms with Gasteiger partial charge in [0.2, 0.25) is 0 Å². The van der Waals surface area contributed by atoms with Crippen LogP contribution in [0.25, 0.3) is 0 Å². The third kappa shape index (κ3) is 5.03. The standard InChI is InChI=1S/C30H33NO7/c1-6-37-29(33)24-17(3)31-23-16-22(19-9-8-10-21(15-19)36-5)26(30(34)38-7-2)28(32)27(23)25(24)18-11-13-20(35-4)14-12-18/h8-15,22,25-26,31H,6-7,16H2,1-5H3/t22-,25+,26+/m0/s1. The third-order valence-electron chi connectivity index (χ3n) is 7.03. The van der Waals surface area contributed by atoms with E-state index >= 15 is 0 Å². The normalized spacial score (nSPS) is 20.9. The largest absolute Gasteiger partial charge is 0.497 e. The van der Waals surface area contributed by atoms with Gasteiger partial charge in [0.05, 0.1) is 33.0 Å². The van der Waals surface area contributed by atoms with Gasteiger partial charge in [-0.25, -0.2) is 4.79 Å². The summed E-state index contributed by atoms with van der Waals surface area (Å²) < 4.78 is 21.5. The molecular formula is C30H33NO7. The molecule has 2 aromatic carbocycles. The van der Waals surface area contributed by atoms with Gasteiger partial charge >= 0.3 is 11.9 Å². The Hall–Kier alpha value is -4.07. The van der Waals surface area contributed by atoms with Gasteiger partial charge in [-0.05, 0) is 62.6 Å². The molecule has 8 heteroatoms. The molecule has 4 rings (SSSR count). The number of carbonyl (C=O) groups excluding carboxylic acids is 3. The van der Waals surface area contributed by atoms with Crippen molar-refractivity contribution in [1.29, 1.82) is 0 Å². The maximum Gasteiger partial charge on any atom is 0.336 e. The molecule has 2 aliphatic rings. The summed E-state index contributed by atoms with van der Waals surface area (Å²) in [5.74, 6) is -2.47. The van der Waals surface area contributed by atoms with Crippen LogP contribution in [0.5, 0.6) is 11.5 Å². The molecule has 0 fully saturated rings. The van der Waals surface area contributed by atoms with Crippen LogP contribution >= 0.6 is 0 Å². The monoisotopic (exact) mass is 519 g/mol. The predicted molar refractivity (Wildman–Crippen MR) is 141 cm³/mol. The van der Waals surface area contributed by atoms with Crippen molar-refractivity contribution in [2.24, 2.45) is 5.92 Å². The lowest BCUT2D eigenvalue weighted by molar-refractivity contribution is -0.152. The van der Waals surface area contributed by atoms with E-state index in [0.29, 0.717) is 40.5 Å². The van der Waals surface area contributed by atoms with Crippen molar-refractivity contribution in [1.82, 2.24) is 5.32 Å². The summed E-state index contributed by atoms with van der Waals surface area (Å²) >= 11 is 0. The first-order valence-electron chi connectivity index (χ1n) is 12.7. The van der Waals surface area contributed by atoms with Crippen molar-refractivity contribution in [2.75, 3.05) is 27.4 Å². The number of dihydropyridines is 1. The predicted octanol–water partition coefficient (Wildman–Crippen LogP) is 4.42. The van der Waals surface area contributed by atoms with Crippen LogP contribution in [-0.4, -0.2) is 45.2 Å². The van der Waals surface area contributed by atoms with Crippen molar-refractivity contribution in [3.05, 3.63) is 82.2 Å². The number of allylic oxidation sites excluding steroid dienone is 3. The molecule has 0 aromatic heterocycles. The first kappa shape index (κ1) is 27.0. The molecule has 1 heterocycles. The second kappa shape index (κ2) is 11.5. The molecule has 1 aliphatic carbocycles. The topological polar surface area (TPSA) is 100 Å². The van der Waals surface area contributed by atoms with E-state index in [9.17, 15) is 14.4 Å². The minimum absolute atomic E-state index is 0.145. The Morgan fingerprint density at radius 2 is 1.61 bits per heavy atom. The molecule has 0 saturated heterocycles. The lowest BCUT2D eigenvalue weighted by atomic mass is 9.67. The van der Waals surface area contributed by atoms with Gasteiger partial charge in [0.15, 0.2) is 5.78 Å². The van der Waals surface area contributed by atoms with Crippen LogP contribution in [-0.2, 0) is 23.9 Å². The van der Waals surface area contributed by atoms with Crippen molar-refractivity contribution < 1.29 is 33.3 Å². The Labute approximate surface area is 222 Å². The number of ether oxygens (including phenoxy) is 4. The lowest BCUT2D eigenvalue weighted by Gasteiger charge is -2.39. The number of hydrogen-bond donors (Lipinski definition) is 1. The van der Waals surface area contributed by atoms with Gasteiger partial charge < -0.3 is 24.3 Å². The number of benzene rings is 2. The summed E-state index contributed by atoms with van der Waals surface area (Å²) in [6.07, 6.45) is 0.373. The SMILES string of the molecule is CCOC(=O)C1=C(C)NC2=C(C(=O)[C@H](C(=O)OCC)[C@H](c3cccc(OC)c3)C2)[C@@H]1c1ccc(OC)cc1. The zero-order valence-corrected chi connectivity index (χ0v) is 22.3. The number of Topliss-reactive ketones (excluding diaryl/α,β-unsaturated/α-hetero) is 1. The van der Waals surface area contributed by atoms with Crippen molar-refractivity contribution in [2.45, 2.75) is 39.0 Å². The molecule has 200 valence electrons. The van der Waals surface area contributed by atoms with Gasteiger partial charge in [0.1, 0.15) is 17.4 Å². The van der Waals surface area contributed by atoms with E-state index in [1.807, 2.05) is 36.4 Å². The van der Waals surface area contributed by atoms with Crippen molar-refractivity contribution in [3.8, 4) is 11.5 Å². The van der Waals surface area contributed by atoms with Crippen LogP contribution in [0.1, 0.15) is 50.2 Å². The van der Waals surface area contributed by atoms with Gasteiger partial charge in [-0.2, -0.15) is 0 Å².